The molecule has 0 radical (unpaired) electrons. The van der Waals surface area contributed by atoms with E-state index in [1.165, 1.54) is 24.3 Å². The van der Waals surface area contributed by atoms with Gasteiger partial charge >= 0.3 is 0 Å². The Morgan fingerprint density at radius 1 is 1.08 bits per heavy atom. The molecule has 1 fully saturated rings. The van der Waals surface area contributed by atoms with Crippen molar-refractivity contribution < 1.29 is 18.3 Å². The molecule has 26 heavy (non-hydrogen) atoms. The number of hydrogen-bond donors (Lipinski definition) is 1. The zero-order valence-electron chi connectivity index (χ0n) is 14.3. The topological polar surface area (TPSA) is 28.4 Å². The van der Waals surface area contributed by atoms with Gasteiger partial charge in [-0.3, -0.25) is 0 Å². The Morgan fingerprint density at radius 2 is 1.65 bits per heavy atom. The predicted molar refractivity (Wildman–Crippen MR) is 98.7 cm³/mol. The monoisotopic (exact) mass is 380 g/mol. The second-order valence-corrected chi connectivity index (χ2v) is 8.31. The average molecular weight is 380 g/mol. The number of hydrogen-bond acceptors (Lipinski definition) is 3. The van der Waals surface area contributed by atoms with E-state index >= 15 is 0 Å². The van der Waals surface area contributed by atoms with Crippen LogP contribution in [0.4, 0.5) is 13.2 Å². The first-order valence-corrected chi connectivity index (χ1v) is 9.31. The Balaban J connectivity index is 1.75. The third-order valence-corrected chi connectivity index (χ3v) is 5.75. The van der Waals surface area contributed by atoms with Crippen molar-refractivity contribution in [2.75, 3.05) is 13.1 Å². The molecule has 1 aliphatic rings. The standard InChI is InChI=1S/C19H19F3N2OS/c1-19(25,10-23-7-6-18(22)26-23)11-24-16-4-2-12(20)8-14(16)15-9-13(21)3-5-17(15)24/h2-5,8-9,18,25H,6-7,10-11H2,1H3. The summed E-state index contributed by atoms with van der Waals surface area (Å²) >= 11 is 1.11. The number of β-amino-alcohol motifs (C(OH)–C–C–N with tert-alkyl or cyclic N) is 1. The summed E-state index contributed by atoms with van der Waals surface area (Å²) in [5.74, 6) is -0.787. The van der Waals surface area contributed by atoms with E-state index in [0.29, 0.717) is 30.3 Å². The quantitative estimate of drug-likeness (QED) is 0.677. The fourth-order valence-electron chi connectivity index (χ4n) is 3.62. The van der Waals surface area contributed by atoms with E-state index in [1.807, 2.05) is 8.87 Å². The van der Waals surface area contributed by atoms with Crippen molar-refractivity contribution in [3.63, 3.8) is 0 Å². The van der Waals surface area contributed by atoms with Crippen LogP contribution in [-0.4, -0.2) is 38.2 Å². The smallest absolute Gasteiger partial charge is 0.161 e. The minimum atomic E-state index is -1.13. The molecule has 138 valence electrons. The van der Waals surface area contributed by atoms with Gasteiger partial charge in [0.15, 0.2) is 5.50 Å². The van der Waals surface area contributed by atoms with Crippen LogP contribution in [0.3, 0.4) is 0 Å². The number of benzene rings is 2. The van der Waals surface area contributed by atoms with Crippen LogP contribution in [0, 0.1) is 11.6 Å². The second kappa shape index (κ2) is 6.48. The molecule has 0 saturated carbocycles. The summed E-state index contributed by atoms with van der Waals surface area (Å²) in [4.78, 5) is 0. The summed E-state index contributed by atoms with van der Waals surface area (Å²) in [5, 5.41) is 12.1. The highest BCUT2D eigenvalue weighted by molar-refractivity contribution is 7.97. The van der Waals surface area contributed by atoms with E-state index in [0.717, 1.165) is 23.0 Å². The maximum absolute atomic E-state index is 13.7. The Bertz CT molecular complexity index is 913. The van der Waals surface area contributed by atoms with Gasteiger partial charge in [-0.1, -0.05) is 0 Å². The first-order valence-electron chi connectivity index (χ1n) is 8.48. The van der Waals surface area contributed by atoms with Crippen LogP contribution in [-0.2, 0) is 6.54 Å². The third-order valence-electron chi connectivity index (χ3n) is 4.67. The summed E-state index contributed by atoms with van der Waals surface area (Å²) in [5.41, 5.74) is -0.599. The molecular weight excluding hydrogens is 361 g/mol. The van der Waals surface area contributed by atoms with Gasteiger partial charge in [0.05, 0.1) is 12.1 Å². The lowest BCUT2D eigenvalue weighted by Gasteiger charge is -2.29. The van der Waals surface area contributed by atoms with E-state index in [2.05, 4.69) is 0 Å². The van der Waals surface area contributed by atoms with Crippen LogP contribution in [0.25, 0.3) is 21.8 Å². The summed E-state index contributed by atoms with van der Waals surface area (Å²) in [6, 6.07) is 8.75. The zero-order valence-corrected chi connectivity index (χ0v) is 15.1. The Kier molecular flexibility index (Phi) is 4.41. The molecule has 1 aromatic heterocycles. The van der Waals surface area contributed by atoms with Crippen LogP contribution >= 0.6 is 11.9 Å². The van der Waals surface area contributed by atoms with Gasteiger partial charge in [0, 0.05) is 41.3 Å². The summed E-state index contributed by atoms with van der Waals surface area (Å²) in [6.45, 7) is 2.83. The lowest BCUT2D eigenvalue weighted by atomic mass is 10.1. The minimum Gasteiger partial charge on any atom is -0.387 e. The van der Waals surface area contributed by atoms with Crippen LogP contribution < -0.4 is 0 Å². The Labute approximate surface area is 153 Å². The van der Waals surface area contributed by atoms with Crippen LogP contribution in [0.15, 0.2) is 36.4 Å². The molecule has 2 heterocycles. The van der Waals surface area contributed by atoms with Crippen molar-refractivity contribution in [1.29, 1.82) is 0 Å². The SMILES string of the molecule is CC(O)(CN1CCC(F)S1)Cn1c2ccc(F)cc2c2cc(F)ccc21. The maximum Gasteiger partial charge on any atom is 0.161 e. The summed E-state index contributed by atoms with van der Waals surface area (Å²) < 4.78 is 44.5. The highest BCUT2D eigenvalue weighted by atomic mass is 32.2. The first kappa shape index (κ1) is 17.7. The lowest BCUT2D eigenvalue weighted by molar-refractivity contribution is 0.0293. The summed E-state index contributed by atoms with van der Waals surface area (Å²) in [6.07, 6.45) is 0.453. The Hall–Kier alpha value is -1.70. The molecule has 0 aliphatic carbocycles. The minimum absolute atomic E-state index is 0.234. The van der Waals surface area contributed by atoms with Gasteiger partial charge in [0.25, 0.3) is 0 Å². The maximum atomic E-state index is 13.7. The molecular formula is C19H19F3N2OS. The average Bonchev–Trinajstić information content (AvgIpc) is 3.08. The van der Waals surface area contributed by atoms with Gasteiger partial charge in [-0.15, -0.1) is 0 Å². The molecule has 3 aromatic rings. The van der Waals surface area contributed by atoms with Crippen LogP contribution in [0.1, 0.15) is 13.3 Å². The first-order chi connectivity index (χ1) is 12.3. The van der Waals surface area contributed by atoms with E-state index in [1.54, 1.807) is 19.1 Å². The lowest BCUT2D eigenvalue weighted by Crippen LogP contribution is -2.40. The van der Waals surface area contributed by atoms with Crippen molar-refractivity contribution >= 4 is 33.8 Å². The van der Waals surface area contributed by atoms with Gasteiger partial charge < -0.3 is 9.67 Å². The van der Waals surface area contributed by atoms with Gasteiger partial charge in [0.2, 0.25) is 0 Å². The number of nitrogens with zero attached hydrogens (tertiary/aromatic N) is 2. The van der Waals surface area contributed by atoms with E-state index < -0.39 is 22.7 Å². The summed E-state index contributed by atoms with van der Waals surface area (Å²) in [7, 11) is 0. The van der Waals surface area contributed by atoms with Gasteiger partial charge in [-0.2, -0.15) is 0 Å². The number of rotatable bonds is 4. The highest BCUT2D eigenvalue weighted by Crippen LogP contribution is 2.34. The number of aromatic nitrogens is 1. The second-order valence-electron chi connectivity index (χ2n) is 7.07. The molecule has 0 bridgehead atoms. The normalized spacial score (nSPS) is 20.9. The number of alkyl halides is 1. The molecule has 4 rings (SSSR count). The fourth-order valence-corrected chi connectivity index (χ4v) is 4.72. The predicted octanol–water partition coefficient (Wildman–Crippen LogP) is 4.47. The molecule has 2 atom stereocenters. The molecule has 0 amide bonds. The molecule has 3 nitrogen and oxygen atoms in total. The van der Waals surface area contributed by atoms with Crippen LogP contribution in [0.2, 0.25) is 0 Å². The van der Waals surface area contributed by atoms with E-state index in [9.17, 15) is 18.3 Å². The van der Waals surface area contributed by atoms with Crippen molar-refractivity contribution in [2.45, 2.75) is 31.0 Å². The third kappa shape index (κ3) is 3.31. The fraction of sp³-hybridized carbons (Fsp3) is 0.368. The molecule has 7 heteroatoms. The molecule has 1 saturated heterocycles. The van der Waals surface area contributed by atoms with Crippen molar-refractivity contribution in [2.24, 2.45) is 0 Å². The van der Waals surface area contributed by atoms with Gasteiger partial charge in [-0.25, -0.2) is 17.5 Å². The van der Waals surface area contributed by atoms with Gasteiger partial charge in [0.1, 0.15) is 11.6 Å². The largest absolute Gasteiger partial charge is 0.387 e. The van der Waals surface area contributed by atoms with Crippen molar-refractivity contribution in [1.82, 2.24) is 8.87 Å². The van der Waals surface area contributed by atoms with E-state index in [4.69, 9.17) is 0 Å². The molecule has 2 aromatic carbocycles. The number of fused-ring (bicyclic) bond motifs is 3. The Morgan fingerprint density at radius 3 is 2.15 bits per heavy atom. The molecule has 0 spiro atoms. The number of aliphatic hydroxyl groups is 1. The van der Waals surface area contributed by atoms with Crippen molar-refractivity contribution in [3.05, 3.63) is 48.0 Å². The molecule has 1 aliphatic heterocycles. The van der Waals surface area contributed by atoms with E-state index in [-0.39, 0.29) is 6.54 Å². The zero-order chi connectivity index (χ0) is 18.5. The van der Waals surface area contributed by atoms with Crippen LogP contribution in [0.5, 0.6) is 0 Å². The van der Waals surface area contributed by atoms with Gasteiger partial charge in [-0.05, 0) is 55.3 Å². The number of halogens is 3. The molecule has 2 unspecified atom stereocenters. The highest BCUT2D eigenvalue weighted by Gasteiger charge is 2.31. The molecule has 1 N–H and O–H groups in total. The van der Waals surface area contributed by atoms with Crippen molar-refractivity contribution in [3.8, 4) is 0 Å².